The van der Waals surface area contributed by atoms with E-state index >= 15 is 0 Å². The minimum absolute atomic E-state index is 0.187. The summed E-state index contributed by atoms with van der Waals surface area (Å²) in [5.74, 6) is -0.942. The average Bonchev–Trinajstić information content (AvgIpc) is 3.93. The number of aryl methyl sites for hydroxylation is 4. The van der Waals surface area contributed by atoms with Gasteiger partial charge in [0.1, 0.15) is 11.4 Å². The molecule has 0 aliphatic rings. The molecule has 0 fully saturated rings. The zero-order valence-electron chi connectivity index (χ0n) is 31.7. The third-order valence-electron chi connectivity index (χ3n) is 9.17. The topological polar surface area (TPSA) is 202 Å². The second-order valence-corrected chi connectivity index (χ2v) is 13.2. The highest BCUT2D eigenvalue weighted by atomic mass is 16.2. The van der Waals surface area contributed by atoms with Crippen LogP contribution in [0.1, 0.15) is 93.1 Å². The van der Waals surface area contributed by atoms with Crippen LogP contribution in [0, 0.1) is 13.8 Å². The number of primary amides is 1. The molecule has 6 rings (SSSR count). The molecule has 0 saturated carbocycles. The van der Waals surface area contributed by atoms with E-state index in [9.17, 15) is 19.2 Å². The van der Waals surface area contributed by atoms with E-state index in [0.717, 1.165) is 25.0 Å². The molecule has 4 amide bonds. The molecule has 0 bridgehead atoms. The van der Waals surface area contributed by atoms with E-state index in [2.05, 4.69) is 38.1 Å². The van der Waals surface area contributed by atoms with Crippen LogP contribution in [0.5, 0.6) is 0 Å². The molecule has 286 valence electrons. The number of aromatic nitrogens is 8. The van der Waals surface area contributed by atoms with Crippen molar-refractivity contribution in [2.24, 2.45) is 5.73 Å². The standard InChI is InChI=1S/C39H46N12O4/c1-6-9-10-17-41-35(53)27-14-16-31-29(23-27)43-39(45-37(55)33-21-25(5)47-51(33)8-3)49(31)19-12-11-18-48-30-15-13-26(34(40)52)22-28(30)42-38(48)44-36(54)32-20-24(4)46-50(32)7-2/h11-16,20-23H,6-10,17-19H2,1-5H3,(H2,40,52)(H,41,53)(H,42,44,54)(H,43,45,55)/b12-11+. The zero-order valence-corrected chi connectivity index (χ0v) is 31.7. The van der Waals surface area contributed by atoms with Crippen LogP contribution < -0.4 is 21.7 Å². The smallest absolute Gasteiger partial charge is 0.276 e. The zero-order chi connectivity index (χ0) is 39.2. The minimum Gasteiger partial charge on any atom is -0.366 e. The number of carbonyl (C=O) groups excluding carboxylic acids is 4. The number of hydrogen-bond donors (Lipinski definition) is 4. The van der Waals surface area contributed by atoms with Crippen LogP contribution in [-0.2, 0) is 26.2 Å². The van der Waals surface area contributed by atoms with Crippen LogP contribution in [-0.4, -0.2) is 68.8 Å². The summed E-state index contributed by atoms with van der Waals surface area (Å²) >= 11 is 0. The lowest BCUT2D eigenvalue weighted by atomic mass is 10.2. The highest BCUT2D eigenvalue weighted by Gasteiger charge is 2.21. The van der Waals surface area contributed by atoms with E-state index in [1.54, 1.807) is 51.8 Å². The molecule has 5 N–H and O–H groups in total. The Morgan fingerprint density at radius 1 is 0.673 bits per heavy atom. The van der Waals surface area contributed by atoms with E-state index in [1.165, 1.54) is 0 Å². The number of nitrogens with zero attached hydrogens (tertiary/aromatic N) is 8. The van der Waals surface area contributed by atoms with Gasteiger partial charge in [-0.3, -0.25) is 39.2 Å². The molecule has 16 nitrogen and oxygen atoms in total. The van der Waals surface area contributed by atoms with Crippen LogP contribution in [0.3, 0.4) is 0 Å². The molecule has 0 aliphatic heterocycles. The van der Waals surface area contributed by atoms with E-state index in [0.29, 0.717) is 88.9 Å². The van der Waals surface area contributed by atoms with Crippen molar-refractivity contribution in [1.29, 1.82) is 0 Å². The molecular weight excluding hydrogens is 701 g/mol. The number of imidazole rings is 2. The van der Waals surface area contributed by atoms with Crippen molar-refractivity contribution in [3.05, 3.63) is 94.6 Å². The molecule has 4 aromatic heterocycles. The Balaban J connectivity index is 1.30. The van der Waals surface area contributed by atoms with Crippen LogP contribution >= 0.6 is 0 Å². The summed E-state index contributed by atoms with van der Waals surface area (Å²) in [6.07, 6.45) is 6.81. The molecular formula is C39H46N12O4. The number of carbonyl (C=O) groups is 4. The van der Waals surface area contributed by atoms with Crippen molar-refractivity contribution in [3.63, 3.8) is 0 Å². The molecule has 55 heavy (non-hydrogen) atoms. The fourth-order valence-corrected chi connectivity index (χ4v) is 6.42. The Morgan fingerprint density at radius 3 is 1.64 bits per heavy atom. The molecule has 4 heterocycles. The Morgan fingerprint density at radius 2 is 1.16 bits per heavy atom. The lowest BCUT2D eigenvalue weighted by molar-refractivity contribution is 0.0950. The van der Waals surface area contributed by atoms with Crippen molar-refractivity contribution >= 4 is 57.6 Å². The molecule has 6 aromatic rings. The minimum atomic E-state index is -0.589. The molecule has 2 aromatic carbocycles. The van der Waals surface area contributed by atoms with Gasteiger partial charge < -0.3 is 20.2 Å². The highest BCUT2D eigenvalue weighted by Crippen LogP contribution is 2.24. The maximum atomic E-state index is 13.5. The van der Waals surface area contributed by atoms with Crippen molar-refractivity contribution in [2.45, 2.75) is 80.1 Å². The lowest BCUT2D eigenvalue weighted by Gasteiger charge is -2.10. The summed E-state index contributed by atoms with van der Waals surface area (Å²) in [6.45, 7) is 11.8. The van der Waals surface area contributed by atoms with E-state index in [1.807, 2.05) is 55.0 Å². The normalized spacial score (nSPS) is 11.5. The van der Waals surface area contributed by atoms with Gasteiger partial charge in [0.25, 0.3) is 17.7 Å². The molecule has 0 radical (unpaired) electrons. The molecule has 0 aliphatic carbocycles. The van der Waals surface area contributed by atoms with Gasteiger partial charge in [-0.15, -0.1) is 0 Å². The fourth-order valence-electron chi connectivity index (χ4n) is 6.42. The lowest BCUT2D eigenvalue weighted by Crippen LogP contribution is -2.24. The predicted molar refractivity (Wildman–Crippen MR) is 210 cm³/mol. The van der Waals surface area contributed by atoms with Crippen LogP contribution in [0.15, 0.2) is 60.7 Å². The Hall–Kier alpha value is -6.58. The second kappa shape index (κ2) is 16.6. The summed E-state index contributed by atoms with van der Waals surface area (Å²) in [4.78, 5) is 61.3. The SMILES string of the molecule is CCCCCNC(=O)c1ccc2c(c1)nc(NC(=O)c1cc(C)nn1CC)n2C/C=C/Cn1c(NC(=O)c2cc(C)nn2CC)nc2cc(C(N)=O)ccc21. The number of nitrogens with two attached hydrogens (primary N) is 1. The summed E-state index contributed by atoms with van der Waals surface area (Å²) in [7, 11) is 0. The van der Waals surface area contributed by atoms with Gasteiger partial charge in [0.05, 0.1) is 33.5 Å². The summed E-state index contributed by atoms with van der Waals surface area (Å²) < 4.78 is 6.93. The van der Waals surface area contributed by atoms with Crippen molar-refractivity contribution in [3.8, 4) is 0 Å². The van der Waals surface area contributed by atoms with Crippen molar-refractivity contribution in [1.82, 2.24) is 44.0 Å². The summed E-state index contributed by atoms with van der Waals surface area (Å²) in [5.41, 5.74) is 11.0. The first kappa shape index (κ1) is 38.2. The van der Waals surface area contributed by atoms with Gasteiger partial charge in [0.2, 0.25) is 17.8 Å². The van der Waals surface area contributed by atoms with Gasteiger partial charge in [-0.05, 0) is 82.6 Å². The number of fused-ring (bicyclic) bond motifs is 2. The molecule has 0 atom stereocenters. The third-order valence-corrected chi connectivity index (χ3v) is 9.17. The maximum absolute atomic E-state index is 13.5. The maximum Gasteiger partial charge on any atom is 0.276 e. The van der Waals surface area contributed by atoms with Gasteiger partial charge >= 0.3 is 0 Å². The van der Waals surface area contributed by atoms with Crippen molar-refractivity contribution < 1.29 is 19.2 Å². The summed E-state index contributed by atoms with van der Waals surface area (Å²) in [5, 5.41) is 17.6. The van der Waals surface area contributed by atoms with Crippen LogP contribution in [0.4, 0.5) is 11.9 Å². The number of hydrogen-bond acceptors (Lipinski definition) is 8. The van der Waals surface area contributed by atoms with Gasteiger partial charge in [-0.25, -0.2) is 9.97 Å². The molecule has 0 spiro atoms. The number of amides is 4. The molecule has 0 unspecified atom stereocenters. The average molecular weight is 747 g/mol. The van der Waals surface area contributed by atoms with E-state index in [4.69, 9.17) is 10.7 Å². The predicted octanol–water partition coefficient (Wildman–Crippen LogP) is 5.22. The summed E-state index contributed by atoms with van der Waals surface area (Å²) in [6, 6.07) is 13.7. The van der Waals surface area contributed by atoms with E-state index in [-0.39, 0.29) is 23.7 Å². The molecule has 16 heteroatoms. The fraction of sp³-hybridized carbons (Fsp3) is 0.333. The monoisotopic (exact) mass is 746 g/mol. The first-order chi connectivity index (χ1) is 26.5. The Labute approximate surface area is 317 Å². The van der Waals surface area contributed by atoms with Crippen molar-refractivity contribution in [2.75, 3.05) is 17.2 Å². The number of benzene rings is 2. The first-order valence-corrected chi connectivity index (χ1v) is 18.5. The van der Waals surface area contributed by atoms with Crippen LogP contribution in [0.25, 0.3) is 22.1 Å². The van der Waals surface area contributed by atoms with Gasteiger partial charge in [0, 0.05) is 43.9 Å². The molecule has 0 saturated heterocycles. The van der Waals surface area contributed by atoms with E-state index < -0.39 is 5.91 Å². The quantitative estimate of drug-likeness (QED) is 0.0763. The third kappa shape index (κ3) is 8.32. The van der Waals surface area contributed by atoms with Crippen LogP contribution in [0.2, 0.25) is 0 Å². The highest BCUT2D eigenvalue weighted by molar-refractivity contribution is 6.04. The second-order valence-electron chi connectivity index (χ2n) is 13.2. The number of nitrogens with one attached hydrogen (secondary N) is 3. The Bertz CT molecular complexity index is 2430. The number of rotatable bonds is 16. The van der Waals surface area contributed by atoms with Gasteiger partial charge in [-0.1, -0.05) is 31.9 Å². The first-order valence-electron chi connectivity index (χ1n) is 18.5. The number of unbranched alkanes of at least 4 members (excludes halogenated alkanes) is 2. The number of allylic oxidation sites excluding steroid dienone is 2. The largest absolute Gasteiger partial charge is 0.366 e. The Kier molecular flexibility index (Phi) is 11.5. The number of anilines is 2. The van der Waals surface area contributed by atoms with Gasteiger partial charge in [-0.2, -0.15) is 10.2 Å². The van der Waals surface area contributed by atoms with Gasteiger partial charge in [0.15, 0.2) is 0 Å².